The number of halogens is 6. The Kier molecular flexibility index (Phi) is 8.03. The van der Waals surface area contributed by atoms with Crippen LogP contribution < -0.4 is 15.4 Å². The highest BCUT2D eigenvalue weighted by molar-refractivity contribution is 5.84. The molecule has 1 heterocycles. The lowest BCUT2D eigenvalue weighted by atomic mass is 9.88. The van der Waals surface area contributed by atoms with Crippen LogP contribution in [0.3, 0.4) is 0 Å². The monoisotopic (exact) mass is 515 g/mol. The predicted molar refractivity (Wildman–Crippen MR) is 117 cm³/mol. The van der Waals surface area contributed by atoms with Gasteiger partial charge in [0.25, 0.3) is 0 Å². The lowest BCUT2D eigenvalue weighted by Crippen LogP contribution is -2.44. The molecule has 1 saturated heterocycles. The molecule has 1 fully saturated rings. The summed E-state index contributed by atoms with van der Waals surface area (Å²) in [5.41, 5.74) is -1.67. The largest absolute Gasteiger partial charge is 0.492 e. The van der Waals surface area contributed by atoms with Crippen molar-refractivity contribution in [1.82, 2.24) is 5.32 Å². The molecule has 1 amide bonds. The summed E-state index contributed by atoms with van der Waals surface area (Å²) in [6.07, 6.45) is -10.7. The lowest BCUT2D eigenvalue weighted by Gasteiger charge is -2.23. The summed E-state index contributed by atoms with van der Waals surface area (Å²) >= 11 is 0. The Balaban J connectivity index is 1.70. The van der Waals surface area contributed by atoms with Gasteiger partial charge in [-0.15, -0.1) is 0 Å². The molecule has 3 atom stereocenters. The molecule has 0 saturated carbocycles. The van der Waals surface area contributed by atoms with E-state index in [0.29, 0.717) is 17.5 Å². The zero-order valence-electron chi connectivity index (χ0n) is 19.2. The second kappa shape index (κ2) is 10.7. The Bertz CT molecular complexity index is 1110. The third-order valence-electron chi connectivity index (χ3n) is 5.50. The van der Waals surface area contributed by atoms with E-state index in [2.05, 4.69) is 10.6 Å². The van der Waals surface area contributed by atoms with Gasteiger partial charge in [-0.25, -0.2) is 4.79 Å². The van der Waals surface area contributed by atoms with Crippen LogP contribution in [0.5, 0.6) is 5.75 Å². The van der Waals surface area contributed by atoms with Crippen LogP contribution in [-0.4, -0.2) is 37.1 Å². The van der Waals surface area contributed by atoms with Gasteiger partial charge in [-0.3, -0.25) is 10.6 Å². The Morgan fingerprint density at radius 2 is 1.81 bits per heavy atom. The van der Waals surface area contributed by atoms with Gasteiger partial charge < -0.3 is 9.47 Å². The van der Waals surface area contributed by atoms with E-state index in [4.69, 9.17) is 14.7 Å². The van der Waals surface area contributed by atoms with Gasteiger partial charge in [0.2, 0.25) is 0 Å². The Morgan fingerprint density at radius 3 is 2.36 bits per heavy atom. The fourth-order valence-corrected chi connectivity index (χ4v) is 3.97. The van der Waals surface area contributed by atoms with Gasteiger partial charge >= 0.3 is 18.4 Å². The number of anilines is 1. The van der Waals surface area contributed by atoms with Crippen LogP contribution in [0.2, 0.25) is 0 Å². The minimum absolute atomic E-state index is 0.131. The van der Waals surface area contributed by atoms with Gasteiger partial charge in [0.05, 0.1) is 23.3 Å². The van der Waals surface area contributed by atoms with Crippen LogP contribution in [0.4, 0.5) is 36.8 Å². The number of carbonyl (C=O) groups excluding carboxylic acids is 1. The molecule has 1 unspecified atom stereocenters. The molecule has 0 bridgehead atoms. The van der Waals surface area contributed by atoms with Crippen molar-refractivity contribution in [1.29, 1.82) is 5.26 Å². The van der Waals surface area contributed by atoms with E-state index in [0.717, 1.165) is 12.1 Å². The maximum Gasteiger partial charge on any atom is 0.417 e. The fraction of sp³-hybridized carbons (Fsp3) is 0.417. The van der Waals surface area contributed by atoms with Gasteiger partial charge in [-0.1, -0.05) is 6.07 Å². The van der Waals surface area contributed by atoms with Gasteiger partial charge in [-0.2, -0.15) is 31.6 Å². The summed E-state index contributed by atoms with van der Waals surface area (Å²) in [6, 6.07) is 7.23. The molecule has 0 radical (unpaired) electrons. The molecule has 194 valence electrons. The van der Waals surface area contributed by atoms with Crippen molar-refractivity contribution in [3.8, 4) is 11.8 Å². The maximum atomic E-state index is 13.7. The normalized spacial score (nSPS) is 20.2. The van der Waals surface area contributed by atoms with E-state index in [9.17, 15) is 31.1 Å². The first-order chi connectivity index (χ1) is 16.8. The first-order valence-corrected chi connectivity index (χ1v) is 10.9. The molecule has 0 aromatic heterocycles. The minimum atomic E-state index is -4.88. The fourth-order valence-electron chi connectivity index (χ4n) is 3.97. The smallest absolute Gasteiger partial charge is 0.417 e. The summed E-state index contributed by atoms with van der Waals surface area (Å²) in [6.45, 7) is 3.21. The minimum Gasteiger partial charge on any atom is -0.492 e. The molecule has 2 N–H and O–H groups in total. The van der Waals surface area contributed by atoms with E-state index < -0.39 is 47.6 Å². The average molecular weight is 515 g/mol. The topological polar surface area (TPSA) is 83.4 Å². The number of benzene rings is 2. The van der Waals surface area contributed by atoms with Crippen LogP contribution in [0.15, 0.2) is 42.5 Å². The third-order valence-corrected chi connectivity index (χ3v) is 5.50. The molecule has 6 nitrogen and oxygen atoms in total. The standard InChI is InChI=1S/C24H23F6N3O3/c1-13(2)36-22(34)33-16-5-7-18(8-6-16)35-12-17-10-19(21(32-17)24(28,29)30)14-3-4-15(11-31)20(9-14)23(25,26)27/h3-9,13,17,19,21,32H,10,12H2,1-2H3,(H,33,34)/t17-,19?,21+/m0/s1. The van der Waals surface area contributed by atoms with Crippen LogP contribution >= 0.6 is 0 Å². The molecule has 1 aliphatic rings. The predicted octanol–water partition coefficient (Wildman–Crippen LogP) is 5.99. The van der Waals surface area contributed by atoms with Crippen LogP contribution in [0.1, 0.15) is 42.9 Å². The van der Waals surface area contributed by atoms with E-state index in [1.807, 2.05) is 0 Å². The molecule has 0 spiro atoms. The van der Waals surface area contributed by atoms with Crippen molar-refractivity contribution in [2.75, 3.05) is 11.9 Å². The maximum absolute atomic E-state index is 13.7. The van der Waals surface area contributed by atoms with Crippen molar-refractivity contribution in [3.63, 3.8) is 0 Å². The molecule has 12 heteroatoms. The molecule has 1 aliphatic heterocycles. The van der Waals surface area contributed by atoms with E-state index in [-0.39, 0.29) is 24.7 Å². The van der Waals surface area contributed by atoms with Crippen LogP contribution in [0.25, 0.3) is 0 Å². The number of hydrogen-bond donors (Lipinski definition) is 2. The molecule has 2 aromatic carbocycles. The summed E-state index contributed by atoms with van der Waals surface area (Å²) in [4.78, 5) is 11.6. The second-order valence-electron chi connectivity index (χ2n) is 8.55. The Hall–Kier alpha value is -3.46. The summed E-state index contributed by atoms with van der Waals surface area (Å²) < 4.78 is 91.7. The number of ether oxygens (including phenoxy) is 2. The van der Waals surface area contributed by atoms with E-state index in [1.165, 1.54) is 30.3 Å². The van der Waals surface area contributed by atoms with Gasteiger partial charge in [0.1, 0.15) is 18.4 Å². The highest BCUT2D eigenvalue weighted by Gasteiger charge is 2.51. The first-order valence-electron chi connectivity index (χ1n) is 10.9. The summed E-state index contributed by atoms with van der Waals surface area (Å²) in [5, 5.41) is 13.9. The summed E-state index contributed by atoms with van der Waals surface area (Å²) in [5.74, 6) is -0.977. The number of amides is 1. The molecular formula is C24H23F6N3O3. The zero-order chi connectivity index (χ0) is 26.7. The number of rotatable bonds is 6. The number of hydrogen-bond acceptors (Lipinski definition) is 5. The van der Waals surface area contributed by atoms with Crippen molar-refractivity contribution in [2.24, 2.45) is 0 Å². The van der Waals surface area contributed by atoms with Crippen molar-refractivity contribution in [3.05, 3.63) is 59.2 Å². The highest BCUT2D eigenvalue weighted by Crippen LogP contribution is 2.42. The van der Waals surface area contributed by atoms with Crippen LogP contribution in [-0.2, 0) is 10.9 Å². The molecule has 36 heavy (non-hydrogen) atoms. The van der Waals surface area contributed by atoms with Gasteiger partial charge in [-0.05, 0) is 62.2 Å². The Labute approximate surface area is 203 Å². The van der Waals surface area contributed by atoms with Gasteiger partial charge in [0.15, 0.2) is 0 Å². The number of nitrogens with zero attached hydrogens (tertiary/aromatic N) is 1. The molecular weight excluding hydrogens is 492 g/mol. The van der Waals surface area contributed by atoms with Crippen LogP contribution in [0, 0.1) is 11.3 Å². The van der Waals surface area contributed by atoms with E-state index in [1.54, 1.807) is 13.8 Å². The third kappa shape index (κ3) is 6.81. The van der Waals surface area contributed by atoms with Gasteiger partial charge in [0, 0.05) is 17.6 Å². The SMILES string of the molecule is CC(C)OC(=O)Nc1ccc(OC[C@@H]2CC(c3ccc(C#N)c(C(F)(F)F)c3)[C@H](C(F)(F)F)N2)cc1. The van der Waals surface area contributed by atoms with Crippen molar-refractivity contribution < 1.29 is 40.6 Å². The van der Waals surface area contributed by atoms with Crippen molar-refractivity contribution in [2.45, 2.75) is 56.7 Å². The lowest BCUT2D eigenvalue weighted by molar-refractivity contribution is -0.156. The zero-order valence-corrected chi connectivity index (χ0v) is 19.2. The summed E-state index contributed by atoms with van der Waals surface area (Å²) in [7, 11) is 0. The average Bonchev–Trinajstić information content (AvgIpc) is 3.22. The quantitative estimate of drug-likeness (QED) is 0.462. The number of nitrogens with one attached hydrogen (secondary N) is 2. The molecule has 3 rings (SSSR count). The molecule has 2 aromatic rings. The number of alkyl halides is 6. The van der Waals surface area contributed by atoms with E-state index >= 15 is 0 Å². The second-order valence-corrected chi connectivity index (χ2v) is 8.55. The number of nitriles is 1. The molecule has 0 aliphatic carbocycles. The highest BCUT2D eigenvalue weighted by atomic mass is 19.4. The van der Waals surface area contributed by atoms with Crippen molar-refractivity contribution >= 4 is 11.8 Å². The first kappa shape index (κ1) is 27.1. The Morgan fingerprint density at radius 1 is 1.14 bits per heavy atom. The number of carbonyl (C=O) groups is 1.